The van der Waals surface area contributed by atoms with Crippen molar-refractivity contribution in [2.45, 2.75) is 122 Å². The van der Waals surface area contributed by atoms with Crippen LogP contribution in [0.1, 0.15) is 122 Å². The van der Waals surface area contributed by atoms with Crippen LogP contribution in [0.2, 0.25) is 0 Å². The molecule has 8 N–H and O–H groups in total. The molecule has 0 aliphatic heterocycles. The maximum absolute atomic E-state index is 11.4. The number of phenols is 3. The van der Waals surface area contributed by atoms with Gasteiger partial charge in [0.25, 0.3) is 11.4 Å². The van der Waals surface area contributed by atoms with E-state index in [2.05, 4.69) is 36.7 Å². The second kappa shape index (κ2) is 31.9. The van der Waals surface area contributed by atoms with E-state index in [1.165, 1.54) is 12.1 Å². The molecular formula is C58H83BBrN3O13. The van der Waals surface area contributed by atoms with Crippen molar-refractivity contribution in [3.8, 4) is 56.8 Å². The molecule has 0 saturated carbocycles. The van der Waals surface area contributed by atoms with Crippen molar-refractivity contribution < 1.29 is 54.5 Å². The van der Waals surface area contributed by atoms with Crippen LogP contribution in [0.5, 0.6) is 34.5 Å². The standard InChI is InChI=1S/C18H21NO4.C18H23NO2.C10H12BrNO3.C8H11BO3.CH4O.3CH4/c1-5-23-17-9-7-6-8-12(17)13-10-14(18(2,3)4)16(20)11-15(13)19(21)22;1-5-21-17-9-7-6-8-12(17)13-10-14(18(2,3)4)16(20)11-15(13)19;1-10(2,3)6-4-7(11)8(12(14)15)5-9(6)13;1-2-12-8-6-4-3-5-7(8)9(10)11;1-2;;;/h6-11,20H,5H2,1-4H3;6-11,20H,5,19H2,1-4H3;4-5,13H,1-3H3;3-6,10-11H,2H2,1H3;2H,1H3;3*1H4. The Hall–Kier alpha value is -6.86. The Balaban J connectivity index is 0. The first-order valence-corrected chi connectivity index (χ1v) is 24.2. The molecule has 18 heteroatoms. The number of anilines is 1. The molecule has 0 aliphatic rings. The number of hydrogen-bond acceptors (Lipinski definition) is 14. The largest absolute Gasteiger partial charge is 0.508 e. The van der Waals surface area contributed by atoms with Crippen molar-refractivity contribution in [3.05, 3.63) is 151 Å². The molecular weight excluding hydrogens is 1040 g/mol. The van der Waals surface area contributed by atoms with E-state index in [9.17, 15) is 35.5 Å². The van der Waals surface area contributed by atoms with Crippen LogP contribution in [0.3, 0.4) is 0 Å². The Kier molecular flexibility index (Phi) is 29.9. The second-order valence-corrected chi connectivity index (χ2v) is 20.0. The Morgan fingerprint density at radius 1 is 0.513 bits per heavy atom. The predicted molar refractivity (Wildman–Crippen MR) is 315 cm³/mol. The molecule has 0 heterocycles. The highest BCUT2D eigenvalue weighted by atomic mass is 79.9. The van der Waals surface area contributed by atoms with E-state index in [0.717, 1.165) is 29.5 Å². The minimum atomic E-state index is -1.47. The Bertz CT molecular complexity index is 2770. The third-order valence-corrected chi connectivity index (χ3v) is 11.3. The number of nitrogens with zero attached hydrogens (tertiary/aromatic N) is 2. The lowest BCUT2D eigenvalue weighted by Gasteiger charge is -2.23. The van der Waals surface area contributed by atoms with Gasteiger partial charge < -0.3 is 50.4 Å². The highest BCUT2D eigenvalue weighted by molar-refractivity contribution is 9.10. The Morgan fingerprint density at radius 2 is 0.842 bits per heavy atom. The van der Waals surface area contributed by atoms with Gasteiger partial charge in [0.1, 0.15) is 34.5 Å². The molecule has 0 atom stereocenters. The van der Waals surface area contributed by atoms with Gasteiger partial charge in [0.2, 0.25) is 0 Å². The average molecular weight is 1120 g/mol. The van der Waals surface area contributed by atoms with Crippen LogP contribution in [0.25, 0.3) is 22.3 Å². The lowest BCUT2D eigenvalue weighted by Crippen LogP contribution is -2.31. The van der Waals surface area contributed by atoms with E-state index in [-0.39, 0.29) is 67.1 Å². The normalized spacial score (nSPS) is 10.4. The summed E-state index contributed by atoms with van der Waals surface area (Å²) < 4.78 is 16.8. The fourth-order valence-electron chi connectivity index (χ4n) is 7.20. The first-order chi connectivity index (χ1) is 34.1. The molecule has 76 heavy (non-hydrogen) atoms. The molecule has 0 spiro atoms. The lowest BCUT2D eigenvalue weighted by molar-refractivity contribution is -0.385. The molecule has 0 radical (unpaired) electrons. The number of nitrogens with two attached hydrogens (primary N) is 1. The number of nitrogen functional groups attached to an aromatic ring is 1. The zero-order valence-electron chi connectivity index (χ0n) is 44.0. The summed E-state index contributed by atoms with van der Waals surface area (Å²) in [5.74, 6) is 2.03. The highest BCUT2D eigenvalue weighted by Crippen LogP contribution is 2.44. The van der Waals surface area contributed by atoms with Gasteiger partial charge in [-0.15, -0.1) is 0 Å². The molecule has 0 saturated heterocycles. The zero-order valence-corrected chi connectivity index (χ0v) is 45.6. The first kappa shape index (κ1) is 71.2. The lowest BCUT2D eigenvalue weighted by atomic mass is 9.80. The van der Waals surface area contributed by atoms with E-state index in [4.69, 9.17) is 35.1 Å². The third-order valence-electron chi connectivity index (χ3n) is 10.6. The molecule has 0 aliphatic carbocycles. The van der Waals surface area contributed by atoms with Gasteiger partial charge in [-0.1, -0.05) is 139 Å². The number of halogens is 1. The summed E-state index contributed by atoms with van der Waals surface area (Å²) in [5, 5.41) is 76.9. The van der Waals surface area contributed by atoms with Crippen molar-refractivity contribution in [1.29, 1.82) is 0 Å². The van der Waals surface area contributed by atoms with Gasteiger partial charge in [0.15, 0.2) is 0 Å². The molecule has 0 fully saturated rings. The number of ether oxygens (including phenoxy) is 3. The summed E-state index contributed by atoms with van der Waals surface area (Å²) in [6.45, 7) is 25.1. The monoisotopic (exact) mass is 1120 g/mol. The van der Waals surface area contributed by atoms with Gasteiger partial charge in [0.05, 0.1) is 51.8 Å². The van der Waals surface area contributed by atoms with Crippen molar-refractivity contribution in [2.75, 3.05) is 32.7 Å². The molecule has 0 bridgehead atoms. The van der Waals surface area contributed by atoms with Gasteiger partial charge in [-0.2, -0.15) is 0 Å². The van der Waals surface area contributed by atoms with Crippen LogP contribution in [0.15, 0.2) is 114 Å². The average Bonchev–Trinajstić information content (AvgIpc) is 3.30. The maximum Gasteiger partial charge on any atom is 0.492 e. The summed E-state index contributed by atoms with van der Waals surface area (Å²) in [6, 6.07) is 31.1. The number of aliphatic hydroxyl groups excluding tert-OH is 1. The number of para-hydroxylation sites is 3. The van der Waals surface area contributed by atoms with Crippen LogP contribution >= 0.6 is 15.9 Å². The Morgan fingerprint density at radius 3 is 1.24 bits per heavy atom. The smallest absolute Gasteiger partial charge is 0.492 e. The summed E-state index contributed by atoms with van der Waals surface area (Å²) in [7, 11) is -0.465. The van der Waals surface area contributed by atoms with Crippen molar-refractivity contribution in [1.82, 2.24) is 0 Å². The van der Waals surface area contributed by atoms with Gasteiger partial charge in [-0.05, 0) is 94.9 Å². The van der Waals surface area contributed by atoms with Gasteiger partial charge >= 0.3 is 7.12 Å². The van der Waals surface area contributed by atoms with Crippen LogP contribution < -0.4 is 25.4 Å². The van der Waals surface area contributed by atoms with Gasteiger partial charge in [-0.25, -0.2) is 0 Å². The molecule has 6 aromatic carbocycles. The van der Waals surface area contributed by atoms with E-state index in [1.807, 2.05) is 105 Å². The summed E-state index contributed by atoms with van der Waals surface area (Å²) in [6.07, 6.45) is 0. The van der Waals surface area contributed by atoms with Gasteiger partial charge in [-0.3, -0.25) is 20.2 Å². The fourth-order valence-corrected chi connectivity index (χ4v) is 7.68. The second-order valence-electron chi connectivity index (χ2n) is 19.1. The summed E-state index contributed by atoms with van der Waals surface area (Å²) in [4.78, 5) is 21.0. The van der Waals surface area contributed by atoms with E-state index < -0.39 is 17.0 Å². The summed E-state index contributed by atoms with van der Waals surface area (Å²) in [5.41, 5.74) is 11.2. The van der Waals surface area contributed by atoms with Crippen molar-refractivity contribution >= 4 is 45.6 Å². The van der Waals surface area contributed by atoms with Crippen LogP contribution in [-0.2, 0) is 16.2 Å². The summed E-state index contributed by atoms with van der Waals surface area (Å²) >= 11 is 3.12. The maximum atomic E-state index is 11.4. The van der Waals surface area contributed by atoms with Crippen LogP contribution in [0.4, 0.5) is 17.1 Å². The minimum absolute atomic E-state index is 0. The van der Waals surface area contributed by atoms with Crippen LogP contribution in [-0.4, -0.2) is 74.4 Å². The molecule has 16 nitrogen and oxygen atoms in total. The number of hydrogen-bond donors (Lipinski definition) is 7. The third kappa shape index (κ3) is 20.0. The number of benzene rings is 6. The minimum Gasteiger partial charge on any atom is -0.508 e. The Labute approximate surface area is 459 Å². The number of aromatic hydroxyl groups is 3. The zero-order chi connectivity index (χ0) is 55.6. The van der Waals surface area contributed by atoms with Crippen molar-refractivity contribution in [2.24, 2.45) is 0 Å². The van der Waals surface area contributed by atoms with Gasteiger partial charge in [0, 0.05) is 52.1 Å². The molecule has 0 amide bonds. The van der Waals surface area contributed by atoms with E-state index in [1.54, 1.807) is 54.6 Å². The molecule has 6 rings (SSSR count). The highest BCUT2D eigenvalue weighted by Gasteiger charge is 2.27. The number of aliphatic hydroxyl groups is 1. The fraction of sp³-hybridized carbons (Fsp3) is 0.379. The van der Waals surface area contributed by atoms with E-state index >= 15 is 0 Å². The number of nitro benzene ring substituents is 2. The topological polar surface area (TPSA) is 261 Å². The van der Waals surface area contributed by atoms with Crippen molar-refractivity contribution in [3.63, 3.8) is 0 Å². The molecule has 0 unspecified atom stereocenters. The number of rotatable bonds is 11. The quantitative estimate of drug-likeness (QED) is 0.0275. The molecule has 418 valence electrons. The first-order valence-electron chi connectivity index (χ1n) is 23.4. The predicted octanol–water partition coefficient (Wildman–Crippen LogP) is 13.6. The number of nitro groups is 2. The molecule has 0 aromatic heterocycles. The van der Waals surface area contributed by atoms with Crippen LogP contribution in [0, 0.1) is 20.2 Å². The molecule has 6 aromatic rings. The number of phenolic OH excluding ortho intramolecular Hbond substituents is 3. The SMILES string of the molecule is C.C.C.CC(C)(C)c1cc(Br)c([N+](=O)[O-])cc1O.CCOc1ccccc1-c1cc(C(C)(C)C)c(O)cc1N.CCOc1ccccc1-c1cc(C(C)(C)C)c(O)cc1[N+](=O)[O-].CCOc1ccccc1B(O)O.CO. The van der Waals surface area contributed by atoms with E-state index in [0.29, 0.717) is 69.2 Å².